The fourth-order valence-electron chi connectivity index (χ4n) is 4.41. The van der Waals surface area contributed by atoms with Crippen molar-refractivity contribution in [3.05, 3.63) is 59.8 Å². The van der Waals surface area contributed by atoms with E-state index < -0.39 is 0 Å². The van der Waals surface area contributed by atoms with Crippen LogP contribution in [0.2, 0.25) is 5.02 Å². The van der Waals surface area contributed by atoms with E-state index in [0.29, 0.717) is 16.7 Å². The van der Waals surface area contributed by atoms with Crippen LogP contribution in [0.1, 0.15) is 39.5 Å². The number of carbonyl (C=O) groups is 2. The molecular weight excluding hydrogens is 464 g/mol. The lowest BCUT2D eigenvalue weighted by Gasteiger charge is -2.28. The second-order valence-corrected chi connectivity index (χ2v) is 9.55. The van der Waals surface area contributed by atoms with Gasteiger partial charge in [-0.3, -0.25) is 19.5 Å². The summed E-state index contributed by atoms with van der Waals surface area (Å²) >= 11 is 6.05. The third kappa shape index (κ3) is 5.85. The molecule has 2 aromatic carbocycles. The third-order valence-corrected chi connectivity index (χ3v) is 6.62. The molecule has 0 spiro atoms. The first-order valence-corrected chi connectivity index (χ1v) is 12.3. The quantitative estimate of drug-likeness (QED) is 0.444. The number of hydrogen-bond acceptors (Lipinski definition) is 4. The van der Waals surface area contributed by atoms with E-state index in [1.165, 1.54) is 0 Å². The summed E-state index contributed by atoms with van der Waals surface area (Å²) in [7, 11) is 1.61. The molecular formula is C27H31ClN4O3. The second kappa shape index (κ2) is 11.0. The maximum absolute atomic E-state index is 13.1. The maximum atomic E-state index is 13.1. The lowest BCUT2D eigenvalue weighted by atomic mass is 10.1. The van der Waals surface area contributed by atoms with Crippen molar-refractivity contribution in [1.29, 1.82) is 0 Å². The first kappa shape index (κ1) is 24.8. The molecule has 3 aromatic rings. The number of imidazole rings is 1. The predicted octanol–water partition coefficient (Wildman–Crippen LogP) is 5.57. The van der Waals surface area contributed by atoms with Crippen molar-refractivity contribution in [1.82, 2.24) is 14.5 Å². The van der Waals surface area contributed by atoms with E-state index in [4.69, 9.17) is 21.3 Å². The molecule has 7 nitrogen and oxygen atoms in total. The Kier molecular flexibility index (Phi) is 7.76. The molecule has 4 rings (SSSR count). The van der Waals surface area contributed by atoms with Crippen LogP contribution in [-0.4, -0.2) is 46.0 Å². The summed E-state index contributed by atoms with van der Waals surface area (Å²) in [4.78, 5) is 32.5. The SMILES string of the molecule is COc1ccc(-n2cc(-c3ccc(Cl)cc3)nc2NC(=O)CN(C(=O)C2CCCC2)C(C)C)cc1. The van der Waals surface area contributed by atoms with Crippen LogP contribution in [0.15, 0.2) is 54.7 Å². The maximum Gasteiger partial charge on any atom is 0.246 e. The van der Waals surface area contributed by atoms with Gasteiger partial charge in [-0.1, -0.05) is 36.6 Å². The van der Waals surface area contributed by atoms with Gasteiger partial charge in [-0.25, -0.2) is 4.98 Å². The van der Waals surface area contributed by atoms with Gasteiger partial charge in [-0.15, -0.1) is 0 Å². The van der Waals surface area contributed by atoms with Crippen LogP contribution in [0.5, 0.6) is 5.75 Å². The van der Waals surface area contributed by atoms with Crippen LogP contribution < -0.4 is 10.1 Å². The summed E-state index contributed by atoms with van der Waals surface area (Å²) < 4.78 is 7.09. The highest BCUT2D eigenvalue weighted by Crippen LogP contribution is 2.28. The number of ether oxygens (including phenoxy) is 1. The molecule has 0 aliphatic heterocycles. The van der Waals surface area contributed by atoms with Crippen molar-refractivity contribution in [3.63, 3.8) is 0 Å². The minimum absolute atomic E-state index is 0.0151. The lowest BCUT2D eigenvalue weighted by molar-refractivity contribution is -0.140. The largest absolute Gasteiger partial charge is 0.497 e. The number of amides is 2. The Hall–Kier alpha value is -3.32. The zero-order valence-electron chi connectivity index (χ0n) is 20.3. The molecule has 184 valence electrons. The van der Waals surface area contributed by atoms with E-state index in [1.54, 1.807) is 24.1 Å². The molecule has 1 heterocycles. The van der Waals surface area contributed by atoms with E-state index in [-0.39, 0.29) is 30.3 Å². The molecule has 0 radical (unpaired) electrons. The van der Waals surface area contributed by atoms with Gasteiger partial charge in [0.2, 0.25) is 17.8 Å². The van der Waals surface area contributed by atoms with Crippen LogP contribution in [0.4, 0.5) is 5.95 Å². The van der Waals surface area contributed by atoms with E-state index in [1.807, 2.05) is 61.0 Å². The number of methoxy groups -OCH3 is 1. The molecule has 0 atom stereocenters. The van der Waals surface area contributed by atoms with Gasteiger partial charge in [0.15, 0.2) is 0 Å². The molecule has 0 saturated heterocycles. The third-order valence-electron chi connectivity index (χ3n) is 6.37. The molecule has 2 amide bonds. The van der Waals surface area contributed by atoms with Crippen molar-refractivity contribution in [2.75, 3.05) is 19.0 Å². The Balaban J connectivity index is 1.60. The van der Waals surface area contributed by atoms with Gasteiger partial charge < -0.3 is 9.64 Å². The number of benzene rings is 2. The molecule has 1 N–H and O–H groups in total. The first-order chi connectivity index (χ1) is 16.9. The zero-order chi connectivity index (χ0) is 24.9. The van der Waals surface area contributed by atoms with E-state index in [2.05, 4.69) is 5.32 Å². The molecule has 8 heteroatoms. The molecule has 35 heavy (non-hydrogen) atoms. The Labute approximate surface area is 211 Å². The number of hydrogen-bond donors (Lipinski definition) is 1. The van der Waals surface area contributed by atoms with Gasteiger partial charge in [0, 0.05) is 34.4 Å². The van der Waals surface area contributed by atoms with Gasteiger partial charge in [0.1, 0.15) is 12.3 Å². The smallest absolute Gasteiger partial charge is 0.246 e. The number of halogens is 1. The Morgan fingerprint density at radius 3 is 2.37 bits per heavy atom. The van der Waals surface area contributed by atoms with E-state index >= 15 is 0 Å². The number of carbonyl (C=O) groups excluding carboxylic acids is 2. The van der Waals surface area contributed by atoms with Crippen molar-refractivity contribution in [2.24, 2.45) is 5.92 Å². The van der Waals surface area contributed by atoms with Crippen molar-refractivity contribution in [2.45, 2.75) is 45.6 Å². The molecule has 0 unspecified atom stereocenters. The predicted molar refractivity (Wildman–Crippen MR) is 138 cm³/mol. The van der Waals surface area contributed by atoms with Crippen molar-refractivity contribution >= 4 is 29.4 Å². The average molecular weight is 495 g/mol. The van der Waals surface area contributed by atoms with Crippen molar-refractivity contribution in [3.8, 4) is 22.7 Å². The summed E-state index contributed by atoms with van der Waals surface area (Å²) in [5, 5.41) is 3.57. The summed E-state index contributed by atoms with van der Waals surface area (Å²) in [6, 6.07) is 14.8. The molecule has 1 fully saturated rings. The zero-order valence-corrected chi connectivity index (χ0v) is 21.1. The summed E-state index contributed by atoms with van der Waals surface area (Å²) in [6.45, 7) is 3.87. The van der Waals surface area contributed by atoms with Gasteiger partial charge in [0.05, 0.1) is 12.8 Å². The van der Waals surface area contributed by atoms with Gasteiger partial charge in [-0.2, -0.15) is 0 Å². The highest BCUT2D eigenvalue weighted by Gasteiger charge is 2.30. The monoisotopic (exact) mass is 494 g/mol. The fourth-order valence-corrected chi connectivity index (χ4v) is 4.53. The Morgan fingerprint density at radius 1 is 1.11 bits per heavy atom. The summed E-state index contributed by atoms with van der Waals surface area (Å²) in [5.74, 6) is 0.904. The average Bonchev–Trinajstić information content (AvgIpc) is 3.53. The van der Waals surface area contributed by atoms with E-state index in [0.717, 1.165) is 42.7 Å². The van der Waals surface area contributed by atoms with Crippen LogP contribution >= 0.6 is 11.6 Å². The standard InChI is InChI=1S/C27H31ClN4O3/c1-18(2)31(26(34)20-6-4-5-7-20)17-25(33)30-27-29-24(19-8-10-21(28)11-9-19)16-32(27)22-12-14-23(35-3)15-13-22/h8-16,18,20H,4-7,17H2,1-3H3,(H,29,30,33). The molecule has 1 aliphatic rings. The summed E-state index contributed by atoms with van der Waals surface area (Å²) in [6.07, 6.45) is 5.80. The van der Waals surface area contributed by atoms with Crippen LogP contribution in [0.25, 0.3) is 16.9 Å². The first-order valence-electron chi connectivity index (χ1n) is 12.0. The van der Waals surface area contributed by atoms with Crippen LogP contribution in [-0.2, 0) is 9.59 Å². The van der Waals surface area contributed by atoms with E-state index in [9.17, 15) is 9.59 Å². The molecule has 0 bridgehead atoms. The second-order valence-electron chi connectivity index (χ2n) is 9.11. The lowest BCUT2D eigenvalue weighted by Crippen LogP contribution is -2.45. The number of nitrogens with one attached hydrogen (secondary N) is 1. The highest BCUT2D eigenvalue weighted by molar-refractivity contribution is 6.30. The van der Waals surface area contributed by atoms with Crippen molar-refractivity contribution < 1.29 is 14.3 Å². The highest BCUT2D eigenvalue weighted by atomic mass is 35.5. The topological polar surface area (TPSA) is 76.5 Å². The Morgan fingerprint density at radius 2 is 1.77 bits per heavy atom. The van der Waals surface area contributed by atoms with Crippen LogP contribution in [0, 0.1) is 5.92 Å². The van der Waals surface area contributed by atoms with Gasteiger partial charge >= 0.3 is 0 Å². The van der Waals surface area contributed by atoms with Gasteiger partial charge in [-0.05, 0) is 63.1 Å². The number of anilines is 1. The summed E-state index contributed by atoms with van der Waals surface area (Å²) in [5.41, 5.74) is 2.38. The number of rotatable bonds is 8. The number of aromatic nitrogens is 2. The van der Waals surface area contributed by atoms with Crippen LogP contribution in [0.3, 0.4) is 0 Å². The van der Waals surface area contributed by atoms with Gasteiger partial charge in [0.25, 0.3) is 0 Å². The number of nitrogens with zero attached hydrogens (tertiary/aromatic N) is 3. The minimum atomic E-state index is -0.284. The fraction of sp³-hybridized carbons (Fsp3) is 0.370. The Bertz CT molecular complexity index is 1170. The molecule has 1 saturated carbocycles. The molecule has 1 aromatic heterocycles. The molecule has 1 aliphatic carbocycles. The minimum Gasteiger partial charge on any atom is -0.497 e. The normalized spacial score (nSPS) is 13.7.